The maximum Gasteiger partial charge on any atom is 0.320 e. The molecule has 1 aromatic rings. The Kier molecular flexibility index (Phi) is 4.70. The van der Waals surface area contributed by atoms with Gasteiger partial charge < -0.3 is 5.11 Å². The maximum absolute atomic E-state index is 10.9. The Balaban J connectivity index is 2.91. The van der Waals surface area contributed by atoms with Crippen molar-refractivity contribution in [2.45, 2.75) is 39.9 Å². The Labute approximate surface area is 110 Å². The Bertz CT molecular complexity index is 417. The third-order valence-corrected chi connectivity index (χ3v) is 3.90. The van der Waals surface area contributed by atoms with Crippen molar-refractivity contribution in [3.63, 3.8) is 0 Å². The molecule has 0 saturated heterocycles. The fraction of sp³-hybridized carbons (Fsp3) is 0.636. The summed E-state index contributed by atoms with van der Waals surface area (Å²) in [6.45, 7) is 6.96. The van der Waals surface area contributed by atoms with Crippen LogP contribution in [0.1, 0.15) is 25.2 Å². The van der Waals surface area contributed by atoms with Crippen LogP contribution in [0.3, 0.4) is 0 Å². The minimum Gasteiger partial charge on any atom is -0.480 e. The molecule has 1 heterocycles. The summed E-state index contributed by atoms with van der Waals surface area (Å²) in [5.41, 5.74) is 1.94. The first-order valence-corrected chi connectivity index (χ1v) is 6.32. The second-order valence-electron chi connectivity index (χ2n) is 4.09. The summed E-state index contributed by atoms with van der Waals surface area (Å²) in [5, 5.41) is 13.3. The van der Waals surface area contributed by atoms with E-state index >= 15 is 0 Å². The fourth-order valence-electron chi connectivity index (χ4n) is 1.58. The average molecular weight is 304 g/mol. The quantitative estimate of drug-likeness (QED) is 0.902. The van der Waals surface area contributed by atoms with Gasteiger partial charge in [-0.15, -0.1) is 0 Å². The van der Waals surface area contributed by atoms with Crippen molar-refractivity contribution in [1.82, 2.24) is 14.7 Å². The number of aliphatic carboxylic acids is 1. The fourth-order valence-corrected chi connectivity index (χ4v) is 1.99. The molecule has 0 aromatic carbocycles. The van der Waals surface area contributed by atoms with Gasteiger partial charge in [-0.25, -0.2) is 0 Å². The Morgan fingerprint density at radius 1 is 1.65 bits per heavy atom. The highest BCUT2D eigenvalue weighted by Crippen LogP contribution is 2.22. The molecule has 1 N–H and O–H groups in total. The van der Waals surface area contributed by atoms with Crippen LogP contribution in [-0.4, -0.2) is 38.8 Å². The second-order valence-corrected chi connectivity index (χ2v) is 4.88. The van der Waals surface area contributed by atoms with Crippen LogP contribution < -0.4 is 0 Å². The van der Waals surface area contributed by atoms with Gasteiger partial charge in [0.25, 0.3) is 0 Å². The molecule has 0 bridgehead atoms. The van der Waals surface area contributed by atoms with Crippen LogP contribution in [0.2, 0.25) is 0 Å². The average Bonchev–Trinajstić information content (AvgIpc) is 2.55. The Morgan fingerprint density at radius 2 is 2.24 bits per heavy atom. The first kappa shape index (κ1) is 14.2. The maximum atomic E-state index is 10.9. The van der Waals surface area contributed by atoms with E-state index in [0.717, 1.165) is 22.4 Å². The summed E-state index contributed by atoms with van der Waals surface area (Å²) in [4.78, 5) is 12.7. The molecule has 0 fully saturated rings. The van der Waals surface area contributed by atoms with Crippen molar-refractivity contribution in [1.29, 1.82) is 0 Å². The largest absolute Gasteiger partial charge is 0.480 e. The van der Waals surface area contributed by atoms with Crippen LogP contribution in [0.5, 0.6) is 0 Å². The molecule has 0 aliphatic rings. The highest BCUT2D eigenvalue weighted by atomic mass is 79.9. The summed E-state index contributed by atoms with van der Waals surface area (Å²) < 4.78 is 2.86. The van der Waals surface area contributed by atoms with Crippen LogP contribution in [0.4, 0.5) is 0 Å². The number of nitrogens with zero attached hydrogens (tertiary/aromatic N) is 3. The molecule has 0 aliphatic heterocycles. The van der Waals surface area contributed by atoms with Gasteiger partial charge in [0.2, 0.25) is 0 Å². The molecule has 0 amide bonds. The van der Waals surface area contributed by atoms with E-state index in [-0.39, 0.29) is 0 Å². The van der Waals surface area contributed by atoms with Crippen molar-refractivity contribution in [2.75, 3.05) is 7.05 Å². The normalized spacial score (nSPS) is 13.1. The van der Waals surface area contributed by atoms with Crippen molar-refractivity contribution in [3.8, 4) is 0 Å². The molecular weight excluding hydrogens is 286 g/mol. The van der Waals surface area contributed by atoms with E-state index < -0.39 is 12.0 Å². The van der Waals surface area contributed by atoms with Gasteiger partial charge in [-0.3, -0.25) is 14.4 Å². The number of hydrogen-bond acceptors (Lipinski definition) is 3. The SMILES string of the molecule is CCn1nc(C)c(Br)c1CN(C)C(C)C(=O)O. The summed E-state index contributed by atoms with van der Waals surface area (Å²) in [7, 11) is 1.80. The van der Waals surface area contributed by atoms with Crippen LogP contribution in [0.25, 0.3) is 0 Å². The summed E-state index contributed by atoms with van der Waals surface area (Å²) in [6, 6.07) is -0.512. The van der Waals surface area contributed by atoms with Crippen LogP contribution in [-0.2, 0) is 17.9 Å². The van der Waals surface area contributed by atoms with E-state index in [1.807, 2.05) is 18.5 Å². The molecule has 1 atom stereocenters. The van der Waals surface area contributed by atoms with E-state index in [1.54, 1.807) is 18.9 Å². The molecule has 1 aromatic heterocycles. The van der Waals surface area contributed by atoms with Crippen molar-refractivity contribution in [3.05, 3.63) is 15.9 Å². The Morgan fingerprint density at radius 3 is 2.71 bits per heavy atom. The van der Waals surface area contributed by atoms with Crippen LogP contribution in [0.15, 0.2) is 4.47 Å². The molecular formula is C11H18BrN3O2. The predicted octanol–water partition coefficient (Wildman–Crippen LogP) is 1.88. The zero-order valence-corrected chi connectivity index (χ0v) is 12.2. The van der Waals surface area contributed by atoms with Crippen molar-refractivity contribution < 1.29 is 9.90 Å². The molecule has 0 saturated carbocycles. The zero-order chi connectivity index (χ0) is 13.2. The second kappa shape index (κ2) is 5.64. The van der Waals surface area contributed by atoms with E-state index in [9.17, 15) is 4.79 Å². The highest BCUT2D eigenvalue weighted by Gasteiger charge is 2.20. The predicted molar refractivity (Wildman–Crippen MR) is 68.9 cm³/mol. The molecule has 0 aliphatic carbocycles. The number of likely N-dealkylation sites (N-methyl/N-ethyl adjacent to an activating group) is 1. The third-order valence-electron chi connectivity index (χ3n) is 2.87. The summed E-state index contributed by atoms with van der Waals surface area (Å²) >= 11 is 3.50. The molecule has 96 valence electrons. The molecule has 1 rings (SSSR count). The van der Waals surface area contributed by atoms with E-state index in [0.29, 0.717) is 6.54 Å². The van der Waals surface area contributed by atoms with E-state index in [2.05, 4.69) is 21.0 Å². The lowest BCUT2D eigenvalue weighted by molar-refractivity contribution is -0.142. The number of hydrogen-bond donors (Lipinski definition) is 1. The van der Waals surface area contributed by atoms with Gasteiger partial charge in [-0.1, -0.05) is 0 Å². The van der Waals surface area contributed by atoms with Gasteiger partial charge in [-0.2, -0.15) is 5.10 Å². The van der Waals surface area contributed by atoms with E-state index in [1.165, 1.54) is 0 Å². The number of rotatable bonds is 5. The number of carbonyl (C=O) groups is 1. The topological polar surface area (TPSA) is 58.4 Å². The molecule has 1 unspecified atom stereocenters. The first-order chi connectivity index (χ1) is 7.88. The molecule has 6 heteroatoms. The van der Waals surface area contributed by atoms with Crippen molar-refractivity contribution >= 4 is 21.9 Å². The van der Waals surface area contributed by atoms with Gasteiger partial charge in [0.05, 0.1) is 15.9 Å². The Hall–Kier alpha value is -0.880. The van der Waals surface area contributed by atoms with Crippen molar-refractivity contribution in [2.24, 2.45) is 0 Å². The number of halogens is 1. The highest BCUT2D eigenvalue weighted by molar-refractivity contribution is 9.10. The van der Waals surface area contributed by atoms with Crippen LogP contribution in [0, 0.1) is 6.92 Å². The number of carboxylic acid groups (broad SMARTS) is 1. The summed E-state index contributed by atoms with van der Waals surface area (Å²) in [5.74, 6) is -0.817. The molecule has 0 spiro atoms. The van der Waals surface area contributed by atoms with Gasteiger partial charge in [-0.05, 0) is 43.7 Å². The number of aromatic nitrogens is 2. The molecule has 0 radical (unpaired) electrons. The lowest BCUT2D eigenvalue weighted by Crippen LogP contribution is -2.35. The first-order valence-electron chi connectivity index (χ1n) is 5.53. The van der Waals surface area contributed by atoms with Gasteiger partial charge in [0.1, 0.15) is 6.04 Å². The van der Waals surface area contributed by atoms with Crippen LogP contribution >= 0.6 is 15.9 Å². The lowest BCUT2D eigenvalue weighted by Gasteiger charge is -2.21. The number of aryl methyl sites for hydroxylation is 2. The third kappa shape index (κ3) is 3.07. The van der Waals surface area contributed by atoms with Gasteiger partial charge in [0.15, 0.2) is 0 Å². The minimum atomic E-state index is -0.817. The standard InChI is InChI=1S/C11H18BrN3O2/c1-5-15-9(10(12)7(2)13-15)6-14(4)8(3)11(16)17/h8H,5-6H2,1-4H3,(H,16,17). The van der Waals surface area contributed by atoms with E-state index in [4.69, 9.17) is 5.11 Å². The lowest BCUT2D eigenvalue weighted by atomic mass is 10.2. The minimum absolute atomic E-state index is 0.512. The van der Waals surface area contributed by atoms with Gasteiger partial charge in [0, 0.05) is 13.1 Å². The monoisotopic (exact) mass is 303 g/mol. The summed E-state index contributed by atoms with van der Waals surface area (Å²) in [6.07, 6.45) is 0. The smallest absolute Gasteiger partial charge is 0.320 e. The van der Waals surface area contributed by atoms with Gasteiger partial charge >= 0.3 is 5.97 Å². The zero-order valence-electron chi connectivity index (χ0n) is 10.6. The number of carboxylic acids is 1. The molecule has 17 heavy (non-hydrogen) atoms. The molecule has 5 nitrogen and oxygen atoms in total.